The number of hydrogen-bond donors (Lipinski definition) is 5. The van der Waals surface area contributed by atoms with Gasteiger partial charge in [-0.05, 0) is 60.4 Å². The van der Waals surface area contributed by atoms with Crippen LogP contribution < -0.4 is 11.1 Å². The Hall–Kier alpha value is -3.39. The van der Waals surface area contributed by atoms with E-state index in [9.17, 15) is 29.7 Å². The summed E-state index contributed by atoms with van der Waals surface area (Å²) >= 11 is 0. The molecule has 1 saturated carbocycles. The molecule has 0 aromatic heterocycles. The molecule has 1 aromatic rings. The first-order valence-electron chi connectivity index (χ1n) is 10.8. The average Bonchev–Trinajstić information content (AvgIpc) is 2.73. The van der Waals surface area contributed by atoms with E-state index in [4.69, 9.17) is 5.73 Å². The van der Waals surface area contributed by atoms with E-state index in [2.05, 4.69) is 11.4 Å². The molecule has 0 spiro atoms. The maximum Gasteiger partial charge on any atom is 0.255 e. The molecule has 5 rings (SSSR count). The predicted molar refractivity (Wildman–Crippen MR) is 115 cm³/mol. The van der Waals surface area contributed by atoms with E-state index in [-0.39, 0.29) is 35.0 Å². The monoisotopic (exact) mass is 436 g/mol. The summed E-state index contributed by atoms with van der Waals surface area (Å²) in [6.45, 7) is 1.57. The molecule has 3 aliphatic carbocycles. The number of aliphatic hydroxyl groups is 2. The number of hydrogen-bond acceptors (Lipinski definition) is 7. The molecule has 1 heterocycles. The van der Waals surface area contributed by atoms with Crippen molar-refractivity contribution >= 4 is 28.8 Å². The SMILES string of the molecule is NC(=O)C1=C(O)C2C(=O)C3=C(O)c4c(O)ccc(C5=CCNCC5)c4CC3CC2CC1=O. The van der Waals surface area contributed by atoms with E-state index in [1.165, 1.54) is 6.07 Å². The first-order valence-corrected chi connectivity index (χ1v) is 10.8. The largest absolute Gasteiger partial charge is 0.511 e. The summed E-state index contributed by atoms with van der Waals surface area (Å²) in [5, 5.41) is 35.6. The van der Waals surface area contributed by atoms with Gasteiger partial charge in [0, 0.05) is 18.5 Å². The van der Waals surface area contributed by atoms with Crippen molar-refractivity contribution in [2.45, 2.75) is 25.7 Å². The Labute approximate surface area is 184 Å². The van der Waals surface area contributed by atoms with Crippen LogP contribution in [0.4, 0.5) is 0 Å². The van der Waals surface area contributed by atoms with Crippen LogP contribution in [0.5, 0.6) is 5.75 Å². The van der Waals surface area contributed by atoms with E-state index >= 15 is 0 Å². The fourth-order valence-electron chi connectivity index (χ4n) is 5.81. The molecule has 1 amide bonds. The highest BCUT2D eigenvalue weighted by molar-refractivity contribution is 6.21. The Kier molecular flexibility index (Phi) is 4.70. The van der Waals surface area contributed by atoms with Gasteiger partial charge in [0.15, 0.2) is 11.6 Å². The molecule has 166 valence electrons. The number of phenolic OH excluding ortho intramolecular Hbond substituents is 1. The Morgan fingerprint density at radius 2 is 1.91 bits per heavy atom. The zero-order chi connectivity index (χ0) is 22.7. The van der Waals surface area contributed by atoms with Crippen LogP contribution in [0, 0.1) is 17.8 Å². The third kappa shape index (κ3) is 2.90. The van der Waals surface area contributed by atoms with Crippen molar-refractivity contribution in [3.05, 3.63) is 51.8 Å². The molecule has 8 nitrogen and oxygen atoms in total. The lowest BCUT2D eigenvalue weighted by atomic mass is 9.61. The summed E-state index contributed by atoms with van der Waals surface area (Å²) < 4.78 is 0. The van der Waals surface area contributed by atoms with Crippen LogP contribution in [0.2, 0.25) is 0 Å². The highest BCUT2D eigenvalue weighted by Crippen LogP contribution is 2.51. The maximum absolute atomic E-state index is 13.4. The lowest BCUT2D eigenvalue weighted by Gasteiger charge is -2.41. The second-order valence-electron chi connectivity index (χ2n) is 8.92. The normalized spacial score (nSPS) is 27.5. The maximum atomic E-state index is 13.4. The second-order valence-corrected chi connectivity index (χ2v) is 8.92. The average molecular weight is 436 g/mol. The van der Waals surface area contributed by atoms with Gasteiger partial charge in [-0.1, -0.05) is 12.1 Å². The molecule has 0 saturated heterocycles. The van der Waals surface area contributed by atoms with Gasteiger partial charge in [0.2, 0.25) is 0 Å². The van der Waals surface area contributed by atoms with Crippen molar-refractivity contribution in [2.75, 3.05) is 13.1 Å². The minimum Gasteiger partial charge on any atom is -0.511 e. The van der Waals surface area contributed by atoms with Gasteiger partial charge in [0.25, 0.3) is 5.91 Å². The van der Waals surface area contributed by atoms with Crippen LogP contribution in [-0.4, -0.2) is 45.9 Å². The number of nitrogens with two attached hydrogens (primary N) is 1. The van der Waals surface area contributed by atoms with Crippen molar-refractivity contribution in [3.8, 4) is 5.75 Å². The summed E-state index contributed by atoms with van der Waals surface area (Å²) in [4.78, 5) is 37.5. The van der Waals surface area contributed by atoms with Crippen LogP contribution >= 0.6 is 0 Å². The van der Waals surface area contributed by atoms with Crippen LogP contribution in [0.1, 0.15) is 36.0 Å². The summed E-state index contributed by atoms with van der Waals surface area (Å²) in [6, 6.07) is 3.36. The molecular formula is C24H24N2O6. The van der Waals surface area contributed by atoms with Crippen LogP contribution in [0.3, 0.4) is 0 Å². The third-order valence-electron chi connectivity index (χ3n) is 7.18. The zero-order valence-corrected chi connectivity index (χ0v) is 17.4. The van der Waals surface area contributed by atoms with Crippen molar-refractivity contribution < 1.29 is 29.7 Å². The van der Waals surface area contributed by atoms with E-state index in [0.29, 0.717) is 12.8 Å². The number of nitrogens with one attached hydrogen (secondary N) is 1. The molecule has 0 radical (unpaired) electrons. The quantitative estimate of drug-likeness (QED) is 0.443. The summed E-state index contributed by atoms with van der Waals surface area (Å²) in [6.07, 6.45) is 3.67. The number of primary amides is 1. The number of rotatable bonds is 2. The number of carbonyl (C=O) groups excluding carboxylic acids is 3. The molecular weight excluding hydrogens is 412 g/mol. The van der Waals surface area contributed by atoms with Crippen molar-refractivity contribution in [2.24, 2.45) is 23.5 Å². The van der Waals surface area contributed by atoms with Crippen LogP contribution in [0.15, 0.2) is 35.1 Å². The minimum absolute atomic E-state index is 0.0557. The second kappa shape index (κ2) is 7.34. The van der Waals surface area contributed by atoms with Crippen LogP contribution in [-0.2, 0) is 20.8 Å². The standard InChI is InChI=1S/C24H24N2O6/c25-24(32)20-16(28)9-12-7-11-8-14-13(10-3-5-26-6-4-10)1-2-15(27)19(14)22(30)17(11)21(29)18(12)23(20)31/h1-3,11-12,18,26-27,30-31H,4-9H2,(H2,25,32). The Morgan fingerprint density at radius 3 is 2.59 bits per heavy atom. The number of fused-ring (bicyclic) bond motifs is 3. The lowest BCUT2D eigenvalue weighted by Crippen LogP contribution is -2.44. The van der Waals surface area contributed by atoms with Gasteiger partial charge in [0.1, 0.15) is 22.8 Å². The number of carbonyl (C=O) groups is 3. The first kappa shape index (κ1) is 20.5. The van der Waals surface area contributed by atoms with Gasteiger partial charge >= 0.3 is 0 Å². The van der Waals surface area contributed by atoms with Crippen molar-refractivity contribution in [3.63, 3.8) is 0 Å². The number of aliphatic hydroxyl groups excluding tert-OH is 2. The molecule has 8 heteroatoms. The van der Waals surface area contributed by atoms with E-state index < -0.39 is 40.6 Å². The molecule has 3 atom stereocenters. The first-order chi connectivity index (χ1) is 15.3. The molecule has 1 aromatic carbocycles. The number of amides is 1. The molecule has 32 heavy (non-hydrogen) atoms. The highest BCUT2D eigenvalue weighted by Gasteiger charge is 2.51. The van der Waals surface area contributed by atoms with E-state index in [1.54, 1.807) is 0 Å². The zero-order valence-electron chi connectivity index (χ0n) is 17.4. The smallest absolute Gasteiger partial charge is 0.255 e. The molecule has 6 N–H and O–H groups in total. The van der Waals surface area contributed by atoms with Crippen molar-refractivity contribution in [1.82, 2.24) is 5.32 Å². The topological polar surface area (TPSA) is 150 Å². The van der Waals surface area contributed by atoms with E-state index in [0.717, 1.165) is 36.2 Å². The summed E-state index contributed by atoms with van der Waals surface area (Å²) in [7, 11) is 0. The van der Waals surface area contributed by atoms with Gasteiger partial charge < -0.3 is 26.4 Å². The molecule has 1 aliphatic heterocycles. The minimum atomic E-state index is -1.09. The predicted octanol–water partition coefficient (Wildman–Crippen LogP) is 1.69. The fourth-order valence-corrected chi connectivity index (χ4v) is 5.81. The lowest BCUT2D eigenvalue weighted by molar-refractivity contribution is -0.127. The van der Waals surface area contributed by atoms with E-state index in [1.807, 2.05) is 6.07 Å². The number of aromatic hydroxyl groups is 1. The number of allylic oxidation sites excluding steroid dienone is 2. The van der Waals surface area contributed by atoms with Gasteiger partial charge in [-0.15, -0.1) is 0 Å². The highest BCUT2D eigenvalue weighted by atomic mass is 16.3. The Morgan fingerprint density at radius 1 is 1.12 bits per heavy atom. The van der Waals surface area contributed by atoms with Crippen molar-refractivity contribution in [1.29, 1.82) is 0 Å². The number of ketones is 2. The third-order valence-corrected chi connectivity index (χ3v) is 7.18. The number of phenols is 1. The van der Waals surface area contributed by atoms with Gasteiger partial charge in [-0.2, -0.15) is 0 Å². The molecule has 3 unspecified atom stereocenters. The van der Waals surface area contributed by atoms with Crippen LogP contribution in [0.25, 0.3) is 11.3 Å². The Balaban J connectivity index is 1.65. The van der Waals surface area contributed by atoms with Gasteiger partial charge in [0.05, 0.1) is 11.5 Å². The summed E-state index contributed by atoms with van der Waals surface area (Å²) in [5.41, 5.74) is 7.95. The van der Waals surface area contributed by atoms with Gasteiger partial charge in [-0.25, -0.2) is 0 Å². The van der Waals surface area contributed by atoms with Gasteiger partial charge in [-0.3, -0.25) is 14.4 Å². The molecule has 1 fully saturated rings. The number of Topliss-reactive ketones (excluding diaryl/α,β-unsaturated/α-hetero) is 2. The summed E-state index contributed by atoms with van der Waals surface area (Å²) in [5.74, 6) is -5.08. The Bertz CT molecular complexity index is 1180. The number of benzene rings is 1. The molecule has 0 bridgehead atoms. The molecule has 4 aliphatic rings. The fraction of sp³-hybridized carbons (Fsp3) is 0.375.